The Kier molecular flexibility index (Phi) is 5.00. The van der Waals surface area contributed by atoms with Crippen molar-refractivity contribution in [3.05, 3.63) is 64.6 Å². The number of fused-ring (bicyclic) bond motifs is 1. The third kappa shape index (κ3) is 3.64. The summed E-state index contributed by atoms with van der Waals surface area (Å²) in [5, 5.41) is 2.95. The Hall–Kier alpha value is -2.86. The zero-order chi connectivity index (χ0) is 17.8. The number of hydrogen-bond donors (Lipinski definition) is 2. The Morgan fingerprint density at radius 3 is 2.56 bits per heavy atom. The minimum atomic E-state index is -0.510. The lowest BCUT2D eigenvalue weighted by atomic mass is 10.0. The zero-order valence-electron chi connectivity index (χ0n) is 14.3. The van der Waals surface area contributed by atoms with Crippen LogP contribution < -0.4 is 11.1 Å². The fourth-order valence-corrected chi connectivity index (χ4v) is 2.99. The summed E-state index contributed by atoms with van der Waals surface area (Å²) in [4.78, 5) is 28.9. The number of H-pyrrole nitrogens is 1. The van der Waals surface area contributed by atoms with Gasteiger partial charge in [-0.1, -0.05) is 44.2 Å². The number of hydrogen-bond acceptors (Lipinski definition) is 4. The number of nitrogens with one attached hydrogen (secondary N) is 2. The third-order valence-corrected chi connectivity index (χ3v) is 4.23. The van der Waals surface area contributed by atoms with Gasteiger partial charge in [-0.05, 0) is 36.9 Å². The molecular formula is C19H21N3O3. The van der Waals surface area contributed by atoms with E-state index in [1.165, 1.54) is 0 Å². The molecule has 3 aromatic rings. The fourth-order valence-electron chi connectivity index (χ4n) is 2.99. The Morgan fingerprint density at radius 2 is 1.88 bits per heavy atom. The molecule has 1 atom stereocenters. The second kappa shape index (κ2) is 7.36. The molecule has 0 aliphatic carbocycles. The summed E-state index contributed by atoms with van der Waals surface area (Å²) in [6.45, 7) is 5.60. The minimum absolute atomic E-state index is 0.111. The summed E-state index contributed by atoms with van der Waals surface area (Å²) in [5.74, 6) is -0.621. The van der Waals surface area contributed by atoms with Gasteiger partial charge >= 0.3 is 5.76 Å². The number of benzene rings is 2. The van der Waals surface area contributed by atoms with E-state index >= 15 is 0 Å². The van der Waals surface area contributed by atoms with Crippen molar-refractivity contribution in [2.24, 2.45) is 0 Å². The van der Waals surface area contributed by atoms with E-state index in [-0.39, 0.29) is 11.9 Å². The second-order valence-corrected chi connectivity index (χ2v) is 5.75. The molecule has 3 rings (SSSR count). The maximum atomic E-state index is 13.0. The van der Waals surface area contributed by atoms with Crippen LogP contribution in [-0.4, -0.2) is 28.9 Å². The van der Waals surface area contributed by atoms with Crippen LogP contribution in [0.4, 0.5) is 5.69 Å². The summed E-state index contributed by atoms with van der Waals surface area (Å²) in [6, 6.07) is 14.4. The number of oxazole rings is 1. The summed E-state index contributed by atoms with van der Waals surface area (Å²) in [6.07, 6.45) is 0. The molecule has 2 aromatic carbocycles. The first-order valence-corrected chi connectivity index (χ1v) is 8.35. The summed E-state index contributed by atoms with van der Waals surface area (Å²) in [7, 11) is 0. The maximum absolute atomic E-state index is 13.0. The standard InChI is InChI=1S/C19H21N3O3/c1-3-22(4-2)17(13-8-6-5-7-9-13)18(23)20-14-10-11-16-15(12-14)21-19(24)25-16/h5-12,17H,3-4H2,1-2H3,(H,20,23)(H,21,24). The van der Waals surface area contributed by atoms with Gasteiger partial charge in [0.2, 0.25) is 5.91 Å². The van der Waals surface area contributed by atoms with Crippen LogP contribution in [0.3, 0.4) is 0 Å². The molecule has 0 aliphatic heterocycles. The molecule has 2 N–H and O–H groups in total. The molecule has 0 aliphatic rings. The molecule has 1 amide bonds. The van der Waals surface area contributed by atoms with E-state index in [2.05, 4.69) is 15.2 Å². The number of nitrogens with zero attached hydrogens (tertiary/aromatic N) is 1. The Morgan fingerprint density at radius 1 is 1.16 bits per heavy atom. The van der Waals surface area contributed by atoms with Crippen LogP contribution in [0.1, 0.15) is 25.5 Å². The van der Waals surface area contributed by atoms with Crippen LogP contribution in [0, 0.1) is 0 Å². The SMILES string of the molecule is CCN(CC)C(C(=O)Nc1ccc2oc(=O)[nH]c2c1)c1ccccc1. The number of likely N-dealkylation sites (N-methyl/N-ethyl adjacent to an activating group) is 1. The highest BCUT2D eigenvalue weighted by molar-refractivity contribution is 5.96. The molecule has 25 heavy (non-hydrogen) atoms. The van der Waals surface area contributed by atoms with Gasteiger partial charge in [-0.2, -0.15) is 0 Å². The van der Waals surface area contributed by atoms with E-state index in [9.17, 15) is 9.59 Å². The van der Waals surface area contributed by atoms with Gasteiger partial charge < -0.3 is 9.73 Å². The Balaban J connectivity index is 1.89. The van der Waals surface area contributed by atoms with Crippen molar-refractivity contribution in [3.63, 3.8) is 0 Å². The van der Waals surface area contributed by atoms with Crippen molar-refractivity contribution in [2.75, 3.05) is 18.4 Å². The second-order valence-electron chi connectivity index (χ2n) is 5.75. The van der Waals surface area contributed by atoms with Crippen molar-refractivity contribution >= 4 is 22.7 Å². The molecule has 1 heterocycles. The van der Waals surface area contributed by atoms with E-state index in [0.717, 1.165) is 18.7 Å². The smallest absolute Gasteiger partial charge is 0.408 e. The maximum Gasteiger partial charge on any atom is 0.417 e. The molecular weight excluding hydrogens is 318 g/mol. The largest absolute Gasteiger partial charge is 0.417 e. The fraction of sp³-hybridized carbons (Fsp3) is 0.263. The summed E-state index contributed by atoms with van der Waals surface area (Å²) < 4.78 is 4.99. The van der Waals surface area contributed by atoms with Crippen molar-refractivity contribution in [1.29, 1.82) is 0 Å². The molecule has 0 spiro atoms. The molecule has 0 fully saturated rings. The Bertz CT molecular complexity index is 910. The van der Waals surface area contributed by atoms with Gasteiger partial charge in [0.05, 0.1) is 5.52 Å². The van der Waals surface area contributed by atoms with Gasteiger partial charge in [-0.3, -0.25) is 14.7 Å². The van der Waals surface area contributed by atoms with Gasteiger partial charge in [-0.15, -0.1) is 0 Å². The van der Waals surface area contributed by atoms with Crippen LogP contribution in [0.15, 0.2) is 57.7 Å². The molecule has 1 aromatic heterocycles. The van der Waals surface area contributed by atoms with E-state index in [4.69, 9.17) is 4.42 Å². The lowest BCUT2D eigenvalue weighted by Crippen LogP contribution is -2.37. The number of carbonyl (C=O) groups excluding carboxylic acids is 1. The molecule has 6 nitrogen and oxygen atoms in total. The average molecular weight is 339 g/mol. The predicted octanol–water partition coefficient (Wildman–Crippen LogP) is 3.14. The molecule has 0 saturated heterocycles. The quantitative estimate of drug-likeness (QED) is 0.723. The van der Waals surface area contributed by atoms with Crippen molar-refractivity contribution in [2.45, 2.75) is 19.9 Å². The summed E-state index contributed by atoms with van der Waals surface area (Å²) in [5.41, 5.74) is 2.58. The average Bonchev–Trinajstić information content (AvgIpc) is 2.99. The lowest BCUT2D eigenvalue weighted by molar-refractivity contribution is -0.121. The summed E-state index contributed by atoms with van der Waals surface area (Å²) >= 11 is 0. The zero-order valence-corrected chi connectivity index (χ0v) is 14.3. The highest BCUT2D eigenvalue weighted by atomic mass is 16.4. The highest BCUT2D eigenvalue weighted by Gasteiger charge is 2.25. The van der Waals surface area contributed by atoms with E-state index < -0.39 is 5.76 Å². The first-order valence-electron chi connectivity index (χ1n) is 8.35. The number of amides is 1. The van der Waals surface area contributed by atoms with Crippen molar-refractivity contribution < 1.29 is 9.21 Å². The van der Waals surface area contributed by atoms with E-state index in [0.29, 0.717) is 16.8 Å². The predicted molar refractivity (Wildman–Crippen MR) is 97.6 cm³/mol. The highest BCUT2D eigenvalue weighted by Crippen LogP contribution is 2.23. The normalized spacial score (nSPS) is 12.4. The number of rotatable bonds is 6. The van der Waals surface area contributed by atoms with Gasteiger partial charge in [-0.25, -0.2) is 4.79 Å². The lowest BCUT2D eigenvalue weighted by Gasteiger charge is -2.29. The van der Waals surface area contributed by atoms with Crippen LogP contribution >= 0.6 is 0 Å². The van der Waals surface area contributed by atoms with Gasteiger partial charge in [0.15, 0.2) is 5.58 Å². The minimum Gasteiger partial charge on any atom is -0.408 e. The van der Waals surface area contributed by atoms with Crippen molar-refractivity contribution in [3.8, 4) is 0 Å². The third-order valence-electron chi connectivity index (χ3n) is 4.23. The van der Waals surface area contributed by atoms with Gasteiger partial charge in [0.25, 0.3) is 0 Å². The monoisotopic (exact) mass is 339 g/mol. The number of carbonyl (C=O) groups is 1. The molecule has 0 bridgehead atoms. The Labute approximate surface area is 145 Å². The van der Waals surface area contributed by atoms with Gasteiger partial charge in [0, 0.05) is 5.69 Å². The van der Waals surface area contributed by atoms with E-state index in [1.54, 1.807) is 18.2 Å². The molecule has 0 saturated carbocycles. The van der Waals surface area contributed by atoms with E-state index in [1.807, 2.05) is 44.2 Å². The number of aromatic nitrogens is 1. The van der Waals surface area contributed by atoms with Crippen LogP contribution in [0.2, 0.25) is 0 Å². The topological polar surface area (TPSA) is 78.3 Å². The molecule has 130 valence electrons. The molecule has 6 heteroatoms. The number of aromatic amines is 1. The van der Waals surface area contributed by atoms with Crippen LogP contribution in [0.25, 0.3) is 11.1 Å². The number of anilines is 1. The molecule has 1 unspecified atom stereocenters. The first kappa shape index (κ1) is 17.0. The first-order chi connectivity index (χ1) is 12.1. The van der Waals surface area contributed by atoms with Crippen LogP contribution in [0.5, 0.6) is 0 Å². The van der Waals surface area contributed by atoms with Crippen molar-refractivity contribution in [1.82, 2.24) is 9.88 Å². The molecule has 0 radical (unpaired) electrons. The van der Waals surface area contributed by atoms with Crippen LogP contribution in [-0.2, 0) is 4.79 Å². The van der Waals surface area contributed by atoms with Gasteiger partial charge in [0.1, 0.15) is 6.04 Å².